The van der Waals surface area contributed by atoms with Crippen molar-refractivity contribution in [2.24, 2.45) is 5.92 Å². The summed E-state index contributed by atoms with van der Waals surface area (Å²) in [6.45, 7) is 5.79. The minimum atomic E-state index is 0.878. The summed E-state index contributed by atoms with van der Waals surface area (Å²) in [5.41, 5.74) is 0. The van der Waals surface area contributed by atoms with Crippen LogP contribution in [-0.4, -0.2) is 13.1 Å². The van der Waals surface area contributed by atoms with Gasteiger partial charge in [-0.3, -0.25) is 0 Å². The van der Waals surface area contributed by atoms with Crippen molar-refractivity contribution in [1.82, 2.24) is 5.32 Å². The van der Waals surface area contributed by atoms with Crippen molar-refractivity contribution in [3.63, 3.8) is 0 Å². The van der Waals surface area contributed by atoms with Crippen molar-refractivity contribution in [3.05, 3.63) is 6.92 Å². The highest BCUT2D eigenvalue weighted by Gasteiger charge is 2.13. The molecule has 1 N–H and O–H groups in total. The van der Waals surface area contributed by atoms with Gasteiger partial charge in [0.2, 0.25) is 0 Å². The maximum Gasteiger partial charge on any atom is -0.00484 e. The average molecular weight is 168 g/mol. The summed E-state index contributed by atoms with van der Waals surface area (Å²) in [5.74, 6) is 1.07. The van der Waals surface area contributed by atoms with Crippen LogP contribution in [0.25, 0.3) is 0 Å². The lowest BCUT2D eigenvalue weighted by molar-refractivity contribution is 0.469. The molecule has 0 aromatic rings. The minimum Gasteiger partial charge on any atom is -0.317 e. The Morgan fingerprint density at radius 3 is 2.58 bits per heavy atom. The summed E-state index contributed by atoms with van der Waals surface area (Å²) < 4.78 is 0. The summed E-state index contributed by atoms with van der Waals surface area (Å²) in [7, 11) is 0. The molecular formula is C11H22N. The Balaban J connectivity index is 1.81. The summed E-state index contributed by atoms with van der Waals surface area (Å²) in [4.78, 5) is 0. The number of rotatable bonds is 6. The molecule has 1 rings (SSSR count). The average Bonchev–Trinajstić information content (AvgIpc) is 2.57. The first kappa shape index (κ1) is 10.0. The third-order valence-electron chi connectivity index (χ3n) is 2.87. The van der Waals surface area contributed by atoms with Gasteiger partial charge in [0.1, 0.15) is 0 Å². The molecule has 0 atom stereocenters. The van der Waals surface area contributed by atoms with Crippen molar-refractivity contribution in [3.8, 4) is 0 Å². The van der Waals surface area contributed by atoms with Crippen LogP contribution >= 0.6 is 0 Å². The van der Waals surface area contributed by atoms with Gasteiger partial charge in [-0.05, 0) is 32.4 Å². The molecule has 0 spiro atoms. The molecular weight excluding hydrogens is 146 g/mol. The van der Waals surface area contributed by atoms with Gasteiger partial charge in [0.05, 0.1) is 0 Å². The molecule has 1 heteroatoms. The van der Waals surface area contributed by atoms with Crippen LogP contribution in [0.15, 0.2) is 0 Å². The van der Waals surface area contributed by atoms with Crippen LogP contribution in [0.3, 0.4) is 0 Å². The van der Waals surface area contributed by atoms with E-state index >= 15 is 0 Å². The molecule has 0 saturated heterocycles. The number of nitrogens with one attached hydrogen (secondary N) is 1. The molecule has 0 aliphatic heterocycles. The monoisotopic (exact) mass is 168 g/mol. The SMILES string of the molecule is [CH2]CNCCCCC1CCCC1. The van der Waals surface area contributed by atoms with E-state index in [9.17, 15) is 0 Å². The van der Waals surface area contributed by atoms with E-state index in [2.05, 4.69) is 12.2 Å². The van der Waals surface area contributed by atoms with E-state index in [-0.39, 0.29) is 0 Å². The van der Waals surface area contributed by atoms with Crippen LogP contribution in [0, 0.1) is 12.8 Å². The van der Waals surface area contributed by atoms with Crippen molar-refractivity contribution in [2.75, 3.05) is 13.1 Å². The normalized spacial score (nSPS) is 18.8. The van der Waals surface area contributed by atoms with Crippen LogP contribution in [-0.2, 0) is 0 Å². The van der Waals surface area contributed by atoms with Gasteiger partial charge in [0.25, 0.3) is 0 Å². The Bertz CT molecular complexity index is 95.2. The molecule has 1 nitrogen and oxygen atoms in total. The summed E-state index contributed by atoms with van der Waals surface area (Å²) in [6, 6.07) is 0. The summed E-state index contributed by atoms with van der Waals surface area (Å²) >= 11 is 0. The molecule has 0 unspecified atom stereocenters. The Hall–Kier alpha value is -0.0400. The van der Waals surface area contributed by atoms with Crippen molar-refractivity contribution in [1.29, 1.82) is 0 Å². The van der Waals surface area contributed by atoms with Gasteiger partial charge >= 0.3 is 0 Å². The Morgan fingerprint density at radius 2 is 1.92 bits per heavy atom. The van der Waals surface area contributed by atoms with E-state index in [1.54, 1.807) is 0 Å². The molecule has 0 aromatic carbocycles. The zero-order valence-corrected chi connectivity index (χ0v) is 8.15. The first-order valence-corrected chi connectivity index (χ1v) is 5.43. The van der Waals surface area contributed by atoms with E-state index < -0.39 is 0 Å². The molecule has 0 heterocycles. The van der Waals surface area contributed by atoms with Gasteiger partial charge in [0, 0.05) is 0 Å². The fourth-order valence-electron chi connectivity index (χ4n) is 2.11. The van der Waals surface area contributed by atoms with Gasteiger partial charge in [-0.15, -0.1) is 0 Å². The standard InChI is InChI=1S/C11H22N/c1-2-12-10-6-5-9-11-7-3-4-8-11/h11-12H,1-10H2. The lowest BCUT2D eigenvalue weighted by Gasteiger charge is -2.07. The molecule has 1 saturated carbocycles. The fraction of sp³-hybridized carbons (Fsp3) is 0.909. The second-order valence-corrected chi connectivity index (χ2v) is 3.90. The van der Waals surface area contributed by atoms with E-state index in [1.807, 2.05) is 0 Å². The summed E-state index contributed by atoms with van der Waals surface area (Å²) in [5, 5.41) is 3.26. The van der Waals surface area contributed by atoms with Crippen LogP contribution in [0.4, 0.5) is 0 Å². The Morgan fingerprint density at radius 1 is 1.17 bits per heavy atom. The van der Waals surface area contributed by atoms with Gasteiger partial charge < -0.3 is 5.32 Å². The van der Waals surface area contributed by atoms with Gasteiger partial charge in [0.15, 0.2) is 0 Å². The maximum absolute atomic E-state index is 3.75. The molecule has 0 bridgehead atoms. The van der Waals surface area contributed by atoms with E-state index in [0.29, 0.717) is 0 Å². The summed E-state index contributed by atoms with van der Waals surface area (Å²) in [6.07, 6.45) is 10.2. The zero-order chi connectivity index (χ0) is 8.65. The van der Waals surface area contributed by atoms with E-state index in [1.165, 1.54) is 44.9 Å². The number of unbranched alkanes of at least 4 members (excludes halogenated alkanes) is 1. The van der Waals surface area contributed by atoms with Crippen LogP contribution in [0.5, 0.6) is 0 Å². The van der Waals surface area contributed by atoms with Crippen molar-refractivity contribution < 1.29 is 0 Å². The third kappa shape index (κ3) is 4.10. The van der Waals surface area contributed by atoms with Crippen LogP contribution in [0.1, 0.15) is 44.9 Å². The maximum atomic E-state index is 3.75. The lowest BCUT2D eigenvalue weighted by Crippen LogP contribution is -2.14. The highest BCUT2D eigenvalue weighted by Crippen LogP contribution is 2.28. The van der Waals surface area contributed by atoms with Crippen molar-refractivity contribution >= 4 is 0 Å². The third-order valence-corrected chi connectivity index (χ3v) is 2.87. The van der Waals surface area contributed by atoms with Crippen LogP contribution < -0.4 is 5.32 Å². The molecule has 0 aromatic heterocycles. The highest BCUT2D eigenvalue weighted by molar-refractivity contribution is 4.67. The number of hydrogen-bond acceptors (Lipinski definition) is 1. The highest BCUT2D eigenvalue weighted by atomic mass is 14.8. The molecule has 0 amide bonds. The Labute approximate surface area is 76.9 Å². The first-order chi connectivity index (χ1) is 5.93. The lowest BCUT2D eigenvalue weighted by atomic mass is 10.0. The predicted octanol–water partition coefficient (Wildman–Crippen LogP) is 2.77. The van der Waals surface area contributed by atoms with Gasteiger partial charge in [-0.1, -0.05) is 38.5 Å². The smallest absolute Gasteiger partial charge is 0.00484 e. The van der Waals surface area contributed by atoms with E-state index in [4.69, 9.17) is 0 Å². The fourth-order valence-corrected chi connectivity index (χ4v) is 2.11. The van der Waals surface area contributed by atoms with Gasteiger partial charge in [-0.2, -0.15) is 0 Å². The second kappa shape index (κ2) is 6.47. The number of hydrogen-bond donors (Lipinski definition) is 1. The molecule has 1 fully saturated rings. The minimum absolute atomic E-state index is 0.878. The molecule has 12 heavy (non-hydrogen) atoms. The largest absolute Gasteiger partial charge is 0.317 e. The topological polar surface area (TPSA) is 12.0 Å². The second-order valence-electron chi connectivity index (χ2n) is 3.90. The quantitative estimate of drug-likeness (QED) is 0.601. The zero-order valence-electron chi connectivity index (χ0n) is 8.15. The molecule has 71 valence electrons. The molecule has 1 aliphatic carbocycles. The molecule has 1 aliphatic rings. The van der Waals surface area contributed by atoms with Gasteiger partial charge in [-0.25, -0.2) is 0 Å². The first-order valence-electron chi connectivity index (χ1n) is 5.43. The predicted molar refractivity (Wildman–Crippen MR) is 54.0 cm³/mol. The Kier molecular flexibility index (Phi) is 5.42. The van der Waals surface area contributed by atoms with Crippen LogP contribution in [0.2, 0.25) is 0 Å². The van der Waals surface area contributed by atoms with Crippen molar-refractivity contribution in [2.45, 2.75) is 44.9 Å². The van der Waals surface area contributed by atoms with E-state index in [0.717, 1.165) is 19.0 Å². The molecule has 1 radical (unpaired) electrons.